The average molecular weight is 377 g/mol. The molecule has 1 aromatic heterocycles. The highest BCUT2D eigenvalue weighted by Gasteiger charge is 2.17. The van der Waals surface area contributed by atoms with Crippen molar-refractivity contribution < 1.29 is 8.42 Å². The zero-order valence-electron chi connectivity index (χ0n) is 14.5. The molecule has 3 rings (SSSR count). The van der Waals surface area contributed by atoms with Crippen molar-refractivity contribution in [2.75, 3.05) is 6.54 Å². The number of aryl methyl sites for hydroxylation is 3. The summed E-state index contributed by atoms with van der Waals surface area (Å²) < 4.78 is 27.9. The number of sulfonamides is 1. The maximum absolute atomic E-state index is 12.6. The molecule has 2 N–H and O–H groups in total. The average Bonchev–Trinajstić information content (AvgIpc) is 2.85. The maximum atomic E-state index is 12.6. The van der Waals surface area contributed by atoms with Crippen LogP contribution in [0.15, 0.2) is 41.3 Å². The van der Waals surface area contributed by atoms with E-state index >= 15 is 0 Å². The van der Waals surface area contributed by atoms with E-state index in [4.69, 9.17) is 11.6 Å². The molecule has 0 saturated heterocycles. The summed E-state index contributed by atoms with van der Waals surface area (Å²) in [5.74, 6) is 0. The lowest BCUT2D eigenvalue weighted by Gasteiger charge is -2.10. The van der Waals surface area contributed by atoms with Crippen LogP contribution >= 0.6 is 11.6 Å². The standard InChI is InChI=1S/C19H21ClN2O2S/c1-12-4-5-13(2)19(10-12)25(23,24)21-9-8-16-14(3)22-18-7-6-15(20)11-17(16)18/h4-7,10-11,21-22H,8-9H2,1-3H3. The Balaban J connectivity index is 1.80. The molecule has 0 aliphatic carbocycles. The molecular weight excluding hydrogens is 356 g/mol. The van der Waals surface area contributed by atoms with Gasteiger partial charge in [0.15, 0.2) is 0 Å². The Bertz CT molecular complexity index is 1040. The summed E-state index contributed by atoms with van der Waals surface area (Å²) in [5.41, 5.74) is 4.79. The number of hydrogen-bond donors (Lipinski definition) is 2. The largest absolute Gasteiger partial charge is 0.358 e. The summed E-state index contributed by atoms with van der Waals surface area (Å²) in [6.07, 6.45) is 0.594. The molecular formula is C19H21ClN2O2S. The normalized spacial score (nSPS) is 12.0. The fourth-order valence-corrected chi connectivity index (χ4v) is 4.59. The minimum atomic E-state index is -3.53. The predicted molar refractivity (Wildman–Crippen MR) is 103 cm³/mol. The lowest BCUT2D eigenvalue weighted by Crippen LogP contribution is -2.26. The van der Waals surface area contributed by atoms with E-state index in [2.05, 4.69) is 9.71 Å². The second-order valence-electron chi connectivity index (χ2n) is 6.34. The van der Waals surface area contributed by atoms with Crippen molar-refractivity contribution in [3.05, 3.63) is 63.8 Å². The van der Waals surface area contributed by atoms with Crippen LogP contribution in [-0.4, -0.2) is 19.9 Å². The number of nitrogens with one attached hydrogen (secondary N) is 2. The maximum Gasteiger partial charge on any atom is 0.240 e. The van der Waals surface area contributed by atoms with Crippen molar-refractivity contribution in [3.8, 4) is 0 Å². The summed E-state index contributed by atoms with van der Waals surface area (Å²) in [6, 6.07) is 11.1. The highest BCUT2D eigenvalue weighted by molar-refractivity contribution is 7.89. The summed E-state index contributed by atoms with van der Waals surface area (Å²) in [5, 5.41) is 1.71. The smallest absolute Gasteiger partial charge is 0.240 e. The van der Waals surface area contributed by atoms with Crippen LogP contribution in [0.1, 0.15) is 22.4 Å². The van der Waals surface area contributed by atoms with Crippen LogP contribution in [0.5, 0.6) is 0 Å². The lowest BCUT2D eigenvalue weighted by molar-refractivity contribution is 0.581. The van der Waals surface area contributed by atoms with Gasteiger partial charge in [-0.3, -0.25) is 0 Å². The molecule has 0 unspecified atom stereocenters. The Morgan fingerprint density at radius 2 is 1.84 bits per heavy atom. The summed E-state index contributed by atoms with van der Waals surface area (Å²) in [7, 11) is -3.53. The number of aromatic amines is 1. The second-order valence-corrected chi connectivity index (χ2v) is 8.51. The van der Waals surface area contributed by atoms with E-state index in [9.17, 15) is 8.42 Å². The Morgan fingerprint density at radius 1 is 1.08 bits per heavy atom. The van der Waals surface area contributed by atoms with Gasteiger partial charge in [-0.2, -0.15) is 0 Å². The Hall–Kier alpha value is -1.82. The molecule has 0 saturated carbocycles. The Labute approximate surface area is 153 Å². The van der Waals surface area contributed by atoms with Crippen LogP contribution < -0.4 is 4.72 Å². The first-order valence-corrected chi connectivity index (χ1v) is 9.97. The predicted octanol–water partition coefficient (Wildman–Crippen LogP) is 4.27. The third-order valence-electron chi connectivity index (χ3n) is 4.38. The molecule has 0 amide bonds. The van der Waals surface area contributed by atoms with Crippen molar-refractivity contribution in [2.24, 2.45) is 0 Å². The van der Waals surface area contributed by atoms with Crippen molar-refractivity contribution in [2.45, 2.75) is 32.1 Å². The molecule has 0 spiro atoms. The minimum Gasteiger partial charge on any atom is -0.358 e. The number of H-pyrrole nitrogens is 1. The topological polar surface area (TPSA) is 62.0 Å². The van der Waals surface area contributed by atoms with Crippen molar-refractivity contribution in [1.29, 1.82) is 0 Å². The van der Waals surface area contributed by atoms with Gasteiger partial charge in [-0.15, -0.1) is 0 Å². The van der Waals surface area contributed by atoms with Gasteiger partial charge < -0.3 is 4.98 Å². The van der Waals surface area contributed by atoms with Crippen LogP contribution in [0.3, 0.4) is 0 Å². The third kappa shape index (κ3) is 3.73. The molecule has 132 valence electrons. The van der Waals surface area contributed by atoms with Crippen molar-refractivity contribution >= 4 is 32.5 Å². The van der Waals surface area contributed by atoms with E-state index in [1.807, 2.05) is 44.2 Å². The van der Waals surface area contributed by atoms with E-state index in [0.29, 0.717) is 22.9 Å². The minimum absolute atomic E-state index is 0.329. The molecule has 3 aromatic rings. The van der Waals surface area contributed by atoms with Crippen LogP contribution in [-0.2, 0) is 16.4 Å². The van der Waals surface area contributed by atoms with Gasteiger partial charge in [0, 0.05) is 28.2 Å². The zero-order valence-corrected chi connectivity index (χ0v) is 16.1. The monoisotopic (exact) mass is 376 g/mol. The first-order valence-electron chi connectivity index (χ1n) is 8.11. The number of hydrogen-bond acceptors (Lipinski definition) is 2. The summed E-state index contributed by atoms with van der Waals surface area (Å²) in [6.45, 7) is 6.01. The van der Waals surface area contributed by atoms with E-state index in [-0.39, 0.29) is 0 Å². The Morgan fingerprint density at radius 3 is 2.60 bits per heavy atom. The summed E-state index contributed by atoms with van der Waals surface area (Å²) in [4.78, 5) is 3.65. The number of rotatable bonds is 5. The van der Waals surface area contributed by atoms with Crippen molar-refractivity contribution in [1.82, 2.24) is 9.71 Å². The molecule has 0 atom stereocenters. The number of benzene rings is 2. The SMILES string of the molecule is Cc1ccc(C)c(S(=O)(=O)NCCc2c(C)[nH]c3ccc(Cl)cc23)c1. The fourth-order valence-electron chi connectivity index (χ4n) is 3.06. The van der Waals surface area contributed by atoms with E-state index in [0.717, 1.165) is 33.3 Å². The highest BCUT2D eigenvalue weighted by atomic mass is 35.5. The van der Waals surface area contributed by atoms with Crippen LogP contribution in [0.25, 0.3) is 10.9 Å². The molecule has 0 radical (unpaired) electrons. The van der Waals surface area contributed by atoms with Crippen LogP contribution in [0, 0.1) is 20.8 Å². The molecule has 0 aliphatic heterocycles. The number of aromatic nitrogens is 1. The molecule has 0 aliphatic rings. The van der Waals surface area contributed by atoms with E-state index < -0.39 is 10.0 Å². The molecule has 2 aromatic carbocycles. The van der Waals surface area contributed by atoms with E-state index in [1.54, 1.807) is 13.0 Å². The van der Waals surface area contributed by atoms with Crippen LogP contribution in [0.4, 0.5) is 0 Å². The fraction of sp³-hybridized carbons (Fsp3) is 0.263. The van der Waals surface area contributed by atoms with Gasteiger partial charge in [0.2, 0.25) is 10.0 Å². The first kappa shape index (κ1) is 18.0. The zero-order chi connectivity index (χ0) is 18.2. The van der Waals surface area contributed by atoms with Gasteiger partial charge in [-0.25, -0.2) is 13.1 Å². The van der Waals surface area contributed by atoms with Gasteiger partial charge in [0.1, 0.15) is 0 Å². The Kier molecular flexibility index (Phi) is 4.91. The molecule has 4 nitrogen and oxygen atoms in total. The van der Waals surface area contributed by atoms with Gasteiger partial charge in [-0.05, 0) is 68.1 Å². The summed E-state index contributed by atoms with van der Waals surface area (Å²) >= 11 is 6.09. The van der Waals surface area contributed by atoms with Gasteiger partial charge >= 0.3 is 0 Å². The molecule has 0 fully saturated rings. The van der Waals surface area contributed by atoms with Gasteiger partial charge in [0.05, 0.1) is 4.90 Å². The quantitative estimate of drug-likeness (QED) is 0.698. The first-order chi connectivity index (χ1) is 11.8. The van der Waals surface area contributed by atoms with E-state index in [1.165, 1.54) is 0 Å². The molecule has 0 bridgehead atoms. The highest BCUT2D eigenvalue weighted by Crippen LogP contribution is 2.25. The molecule has 6 heteroatoms. The van der Waals surface area contributed by atoms with Gasteiger partial charge in [-0.1, -0.05) is 23.7 Å². The van der Waals surface area contributed by atoms with Crippen molar-refractivity contribution in [3.63, 3.8) is 0 Å². The van der Waals surface area contributed by atoms with Crippen LogP contribution in [0.2, 0.25) is 5.02 Å². The second kappa shape index (κ2) is 6.83. The lowest BCUT2D eigenvalue weighted by atomic mass is 10.1. The number of fused-ring (bicyclic) bond motifs is 1. The third-order valence-corrected chi connectivity index (χ3v) is 6.22. The molecule has 1 heterocycles. The number of halogens is 1. The van der Waals surface area contributed by atoms with Gasteiger partial charge in [0.25, 0.3) is 0 Å². The molecule has 25 heavy (non-hydrogen) atoms.